The van der Waals surface area contributed by atoms with E-state index >= 15 is 0 Å². The molecular formula is C19H22N3O5+. The summed E-state index contributed by atoms with van der Waals surface area (Å²) in [4.78, 5) is 25.5. The zero-order valence-electron chi connectivity index (χ0n) is 15.1. The first-order valence-corrected chi connectivity index (χ1v) is 8.73. The molecule has 0 spiro atoms. The normalized spacial score (nSPS) is 15.2. The maximum Gasteiger partial charge on any atom is 0.433 e. The first kappa shape index (κ1) is 18.7. The van der Waals surface area contributed by atoms with E-state index in [2.05, 4.69) is 12.1 Å². The van der Waals surface area contributed by atoms with E-state index in [4.69, 9.17) is 9.15 Å². The van der Waals surface area contributed by atoms with Crippen molar-refractivity contribution < 1.29 is 23.8 Å². The van der Waals surface area contributed by atoms with Gasteiger partial charge in [-0.15, -0.1) is 0 Å². The molecule has 3 rings (SSSR count). The summed E-state index contributed by atoms with van der Waals surface area (Å²) in [7, 11) is 1.65. The molecule has 0 bridgehead atoms. The average molecular weight is 372 g/mol. The second-order valence-corrected chi connectivity index (χ2v) is 6.37. The van der Waals surface area contributed by atoms with Crippen LogP contribution >= 0.6 is 0 Å². The van der Waals surface area contributed by atoms with Crippen molar-refractivity contribution >= 4 is 17.9 Å². The Kier molecular flexibility index (Phi) is 5.87. The van der Waals surface area contributed by atoms with Crippen molar-refractivity contribution in [2.75, 3.05) is 33.3 Å². The fourth-order valence-corrected chi connectivity index (χ4v) is 3.04. The Morgan fingerprint density at radius 2 is 1.96 bits per heavy atom. The molecule has 2 aromatic rings. The van der Waals surface area contributed by atoms with E-state index in [0.29, 0.717) is 18.8 Å². The molecule has 27 heavy (non-hydrogen) atoms. The summed E-state index contributed by atoms with van der Waals surface area (Å²) in [6, 6.07) is 10.8. The Labute approximate surface area is 156 Å². The Hall–Kier alpha value is -3.13. The molecule has 1 N–H and O–H groups in total. The van der Waals surface area contributed by atoms with Gasteiger partial charge in [0.15, 0.2) is 0 Å². The smallest absolute Gasteiger partial charge is 0.433 e. The van der Waals surface area contributed by atoms with Crippen molar-refractivity contribution in [3.63, 3.8) is 0 Å². The van der Waals surface area contributed by atoms with Gasteiger partial charge in [-0.2, -0.15) is 0 Å². The van der Waals surface area contributed by atoms with Crippen molar-refractivity contribution in [3.05, 3.63) is 63.9 Å². The Morgan fingerprint density at radius 1 is 1.26 bits per heavy atom. The van der Waals surface area contributed by atoms with Crippen LogP contribution in [0.5, 0.6) is 5.75 Å². The van der Waals surface area contributed by atoms with E-state index in [1.165, 1.54) is 34.7 Å². The number of amides is 1. The maximum atomic E-state index is 12.3. The molecule has 1 fully saturated rings. The number of rotatable bonds is 6. The molecule has 1 saturated heterocycles. The highest BCUT2D eigenvalue weighted by molar-refractivity contribution is 5.91. The fraction of sp³-hybridized carbons (Fsp3) is 0.316. The minimum absolute atomic E-state index is 0.113. The molecule has 0 unspecified atom stereocenters. The van der Waals surface area contributed by atoms with Crippen molar-refractivity contribution in [3.8, 4) is 5.75 Å². The molecule has 0 saturated carbocycles. The number of hydrogen-bond acceptors (Lipinski definition) is 5. The topological polar surface area (TPSA) is 90.3 Å². The van der Waals surface area contributed by atoms with Crippen LogP contribution < -0.4 is 9.64 Å². The molecule has 0 atom stereocenters. The summed E-state index contributed by atoms with van der Waals surface area (Å²) in [5, 5.41) is 10.6. The van der Waals surface area contributed by atoms with Crippen LogP contribution in [0, 0.1) is 10.1 Å². The zero-order valence-corrected chi connectivity index (χ0v) is 15.1. The van der Waals surface area contributed by atoms with Gasteiger partial charge in [-0.3, -0.25) is 14.9 Å². The van der Waals surface area contributed by atoms with E-state index in [0.717, 1.165) is 25.4 Å². The maximum absolute atomic E-state index is 12.3. The van der Waals surface area contributed by atoms with Gasteiger partial charge in [0, 0.05) is 11.6 Å². The van der Waals surface area contributed by atoms with Crippen LogP contribution in [0.1, 0.15) is 11.3 Å². The number of carbonyl (C=O) groups is 1. The highest BCUT2D eigenvalue weighted by Gasteiger charge is 2.22. The van der Waals surface area contributed by atoms with Crippen molar-refractivity contribution in [1.29, 1.82) is 0 Å². The number of nitrogens with one attached hydrogen (secondary N) is 1. The molecule has 1 aliphatic rings. The third-order valence-corrected chi connectivity index (χ3v) is 4.58. The molecule has 1 aromatic carbocycles. The summed E-state index contributed by atoms with van der Waals surface area (Å²) in [5.41, 5.74) is 1.24. The molecule has 0 aliphatic carbocycles. The Bertz CT molecular complexity index is 820. The third-order valence-electron chi connectivity index (χ3n) is 4.58. The van der Waals surface area contributed by atoms with E-state index in [-0.39, 0.29) is 11.8 Å². The van der Waals surface area contributed by atoms with Gasteiger partial charge in [0.25, 0.3) is 0 Å². The molecule has 2 heterocycles. The van der Waals surface area contributed by atoms with Gasteiger partial charge >= 0.3 is 5.88 Å². The van der Waals surface area contributed by atoms with E-state index in [1.54, 1.807) is 12.0 Å². The first-order valence-electron chi connectivity index (χ1n) is 8.73. The molecule has 142 valence electrons. The lowest BCUT2D eigenvalue weighted by Crippen LogP contribution is -3.13. The summed E-state index contributed by atoms with van der Waals surface area (Å²) in [6.07, 6.45) is 2.86. The molecule has 8 nitrogen and oxygen atoms in total. The van der Waals surface area contributed by atoms with Crippen LogP contribution in [-0.4, -0.2) is 49.0 Å². The predicted molar refractivity (Wildman–Crippen MR) is 98.4 cm³/mol. The largest absolute Gasteiger partial charge is 0.497 e. The second-order valence-electron chi connectivity index (χ2n) is 6.37. The van der Waals surface area contributed by atoms with Crippen LogP contribution in [-0.2, 0) is 11.3 Å². The standard InChI is InChI=1S/C19H21N3O5/c1-26-16-4-2-15(3-5-16)14-20-10-12-21(13-11-20)18(23)8-6-17-7-9-19(27-17)22(24)25/h2-9H,10-14H2,1H3/p+1/b8-6+. The Balaban J connectivity index is 1.48. The lowest BCUT2D eigenvalue weighted by molar-refractivity contribution is -0.917. The van der Waals surface area contributed by atoms with E-state index < -0.39 is 4.92 Å². The number of piperazine rings is 1. The van der Waals surface area contributed by atoms with Crippen LogP contribution in [0.3, 0.4) is 0 Å². The van der Waals surface area contributed by atoms with Gasteiger partial charge in [0.1, 0.15) is 23.0 Å². The van der Waals surface area contributed by atoms with Gasteiger partial charge in [0.05, 0.1) is 39.4 Å². The first-order chi connectivity index (χ1) is 13.0. The SMILES string of the molecule is COc1ccc(C[NH+]2CCN(C(=O)/C=C/c3ccc([N+](=O)[O-])o3)CC2)cc1. The van der Waals surface area contributed by atoms with Crippen molar-refractivity contribution in [2.45, 2.75) is 6.54 Å². The lowest BCUT2D eigenvalue weighted by atomic mass is 10.2. The van der Waals surface area contributed by atoms with Gasteiger partial charge in [-0.25, -0.2) is 0 Å². The number of ether oxygens (including phenoxy) is 1. The molecular weight excluding hydrogens is 350 g/mol. The highest BCUT2D eigenvalue weighted by Crippen LogP contribution is 2.16. The summed E-state index contributed by atoms with van der Waals surface area (Å²) in [5.74, 6) is 0.687. The number of benzene rings is 1. The third kappa shape index (κ3) is 4.95. The van der Waals surface area contributed by atoms with Crippen LogP contribution in [0.4, 0.5) is 5.88 Å². The number of quaternary nitrogens is 1. The number of nitro groups is 1. The number of carbonyl (C=O) groups excluding carboxylic acids is 1. The highest BCUT2D eigenvalue weighted by atomic mass is 16.6. The number of nitrogens with zero attached hydrogens (tertiary/aromatic N) is 2. The zero-order chi connectivity index (χ0) is 19.2. The summed E-state index contributed by atoms with van der Waals surface area (Å²) >= 11 is 0. The van der Waals surface area contributed by atoms with Crippen LogP contribution in [0.25, 0.3) is 6.08 Å². The van der Waals surface area contributed by atoms with Gasteiger partial charge < -0.3 is 19.0 Å². The minimum Gasteiger partial charge on any atom is -0.497 e. The van der Waals surface area contributed by atoms with E-state index in [9.17, 15) is 14.9 Å². The summed E-state index contributed by atoms with van der Waals surface area (Å²) in [6.45, 7) is 4.01. The predicted octanol–water partition coefficient (Wildman–Crippen LogP) is 1.14. The molecule has 8 heteroatoms. The van der Waals surface area contributed by atoms with E-state index in [1.807, 2.05) is 12.1 Å². The number of hydrogen-bond donors (Lipinski definition) is 1. The summed E-state index contributed by atoms with van der Waals surface area (Å²) < 4.78 is 10.2. The number of furan rings is 1. The molecule has 1 aliphatic heterocycles. The van der Waals surface area contributed by atoms with Crippen LogP contribution in [0.15, 0.2) is 46.9 Å². The Morgan fingerprint density at radius 3 is 2.56 bits per heavy atom. The molecule has 1 aromatic heterocycles. The monoisotopic (exact) mass is 372 g/mol. The minimum atomic E-state index is -0.607. The van der Waals surface area contributed by atoms with Gasteiger partial charge in [-0.05, 0) is 36.4 Å². The number of methoxy groups -OCH3 is 1. The van der Waals surface area contributed by atoms with Crippen molar-refractivity contribution in [2.24, 2.45) is 0 Å². The second kappa shape index (κ2) is 8.50. The lowest BCUT2D eigenvalue weighted by Gasteiger charge is -2.31. The quantitative estimate of drug-likeness (QED) is 0.466. The molecule has 1 amide bonds. The van der Waals surface area contributed by atoms with Crippen molar-refractivity contribution in [1.82, 2.24) is 4.90 Å². The van der Waals surface area contributed by atoms with Gasteiger partial charge in [-0.1, -0.05) is 0 Å². The molecule has 0 radical (unpaired) electrons. The van der Waals surface area contributed by atoms with Crippen LogP contribution in [0.2, 0.25) is 0 Å². The average Bonchev–Trinajstić information content (AvgIpc) is 3.17. The fourth-order valence-electron chi connectivity index (χ4n) is 3.04. The van der Waals surface area contributed by atoms with Gasteiger partial charge in [0.2, 0.25) is 5.91 Å².